The van der Waals surface area contributed by atoms with Crippen molar-refractivity contribution >= 4 is 5.69 Å². The largest absolute Gasteiger partial charge is 0.490 e. The van der Waals surface area contributed by atoms with Crippen LogP contribution >= 0.6 is 0 Å². The van der Waals surface area contributed by atoms with Crippen LogP contribution in [0.5, 0.6) is 11.5 Å². The molecule has 0 amide bonds. The first-order valence-electron chi connectivity index (χ1n) is 5.78. The Bertz CT molecular complexity index is 450. The molecular weight excluding hydrogens is 236 g/mol. The SMILES string of the molecule is COc1cc(OC2CCN(C)C2)ccc1[N+](=O)[O-]. The monoisotopic (exact) mass is 252 g/mol. The molecule has 0 aliphatic carbocycles. The van der Waals surface area contributed by atoms with E-state index in [9.17, 15) is 10.1 Å². The first kappa shape index (κ1) is 12.6. The summed E-state index contributed by atoms with van der Waals surface area (Å²) in [7, 11) is 3.45. The molecule has 1 unspecified atom stereocenters. The predicted octanol–water partition coefficient (Wildman–Crippen LogP) is 1.69. The van der Waals surface area contributed by atoms with E-state index in [2.05, 4.69) is 4.90 Å². The number of ether oxygens (including phenoxy) is 2. The fourth-order valence-electron chi connectivity index (χ4n) is 2.07. The molecule has 0 aromatic heterocycles. The second-order valence-corrected chi connectivity index (χ2v) is 4.38. The smallest absolute Gasteiger partial charge is 0.311 e. The summed E-state index contributed by atoms with van der Waals surface area (Å²) in [5, 5.41) is 10.8. The van der Waals surface area contributed by atoms with E-state index < -0.39 is 4.92 Å². The van der Waals surface area contributed by atoms with E-state index in [1.165, 1.54) is 13.2 Å². The van der Waals surface area contributed by atoms with E-state index in [4.69, 9.17) is 9.47 Å². The zero-order valence-corrected chi connectivity index (χ0v) is 10.5. The number of nitro groups is 1. The molecule has 6 heteroatoms. The summed E-state index contributed by atoms with van der Waals surface area (Å²) >= 11 is 0. The highest BCUT2D eigenvalue weighted by Crippen LogP contribution is 2.31. The standard InChI is InChI=1S/C12H16N2O4/c1-13-6-5-10(8-13)18-9-3-4-11(14(15)16)12(7-9)17-2/h3-4,7,10H,5-6,8H2,1-2H3. The molecule has 0 spiro atoms. The van der Waals surface area contributed by atoms with Crippen LogP contribution in [-0.4, -0.2) is 43.2 Å². The quantitative estimate of drug-likeness (QED) is 0.602. The lowest BCUT2D eigenvalue weighted by Crippen LogP contribution is -2.21. The Hall–Kier alpha value is -1.82. The highest BCUT2D eigenvalue weighted by atomic mass is 16.6. The molecule has 18 heavy (non-hydrogen) atoms. The summed E-state index contributed by atoms with van der Waals surface area (Å²) in [6.07, 6.45) is 1.11. The first-order valence-corrected chi connectivity index (χ1v) is 5.78. The number of benzene rings is 1. The molecule has 1 fully saturated rings. The minimum Gasteiger partial charge on any atom is -0.490 e. The number of likely N-dealkylation sites (tertiary alicyclic amines) is 1. The molecule has 1 atom stereocenters. The average molecular weight is 252 g/mol. The maximum atomic E-state index is 10.8. The molecule has 0 radical (unpaired) electrons. The van der Waals surface area contributed by atoms with Gasteiger partial charge in [0.15, 0.2) is 0 Å². The lowest BCUT2D eigenvalue weighted by atomic mass is 10.2. The van der Waals surface area contributed by atoms with Gasteiger partial charge < -0.3 is 14.4 Å². The van der Waals surface area contributed by atoms with Crippen LogP contribution in [0.3, 0.4) is 0 Å². The highest BCUT2D eigenvalue weighted by Gasteiger charge is 2.22. The van der Waals surface area contributed by atoms with Crippen molar-refractivity contribution in [1.29, 1.82) is 0 Å². The van der Waals surface area contributed by atoms with Crippen molar-refractivity contribution in [2.45, 2.75) is 12.5 Å². The summed E-state index contributed by atoms with van der Waals surface area (Å²) in [5.41, 5.74) is -0.0478. The molecule has 1 aliphatic rings. The van der Waals surface area contributed by atoms with Gasteiger partial charge in [0, 0.05) is 25.2 Å². The third-order valence-corrected chi connectivity index (χ3v) is 3.00. The number of rotatable bonds is 4. The van der Waals surface area contributed by atoms with Crippen molar-refractivity contribution < 1.29 is 14.4 Å². The van der Waals surface area contributed by atoms with Crippen LogP contribution in [0.25, 0.3) is 0 Å². The summed E-state index contributed by atoms with van der Waals surface area (Å²) in [5.74, 6) is 0.835. The predicted molar refractivity (Wildman–Crippen MR) is 66.2 cm³/mol. The minimum absolute atomic E-state index is 0.0478. The zero-order chi connectivity index (χ0) is 13.1. The van der Waals surface area contributed by atoms with Gasteiger partial charge in [0.2, 0.25) is 5.75 Å². The van der Waals surface area contributed by atoms with E-state index >= 15 is 0 Å². The molecule has 6 nitrogen and oxygen atoms in total. The van der Waals surface area contributed by atoms with E-state index in [0.29, 0.717) is 5.75 Å². The van der Waals surface area contributed by atoms with Crippen LogP contribution in [-0.2, 0) is 0 Å². The van der Waals surface area contributed by atoms with Crippen LogP contribution in [0.1, 0.15) is 6.42 Å². The first-order chi connectivity index (χ1) is 8.60. The Labute approximate surface area is 105 Å². The van der Waals surface area contributed by atoms with Gasteiger partial charge in [0.25, 0.3) is 0 Å². The van der Waals surface area contributed by atoms with Crippen molar-refractivity contribution in [3.05, 3.63) is 28.3 Å². The molecule has 1 saturated heterocycles. The fraction of sp³-hybridized carbons (Fsp3) is 0.500. The van der Waals surface area contributed by atoms with Gasteiger partial charge >= 0.3 is 5.69 Å². The molecule has 1 aliphatic heterocycles. The molecule has 0 bridgehead atoms. The lowest BCUT2D eigenvalue weighted by Gasteiger charge is -2.14. The van der Waals surface area contributed by atoms with Crippen molar-refractivity contribution in [3.8, 4) is 11.5 Å². The maximum absolute atomic E-state index is 10.8. The number of hydrogen-bond donors (Lipinski definition) is 0. The molecule has 1 aromatic rings. The second kappa shape index (κ2) is 5.22. The highest BCUT2D eigenvalue weighted by molar-refractivity contribution is 5.50. The van der Waals surface area contributed by atoms with Gasteiger partial charge in [-0.15, -0.1) is 0 Å². The van der Waals surface area contributed by atoms with Crippen LogP contribution in [0.15, 0.2) is 18.2 Å². The van der Waals surface area contributed by atoms with Crippen LogP contribution in [0.4, 0.5) is 5.69 Å². The number of hydrogen-bond acceptors (Lipinski definition) is 5. The van der Waals surface area contributed by atoms with Gasteiger partial charge in [-0.1, -0.05) is 0 Å². The average Bonchev–Trinajstić information content (AvgIpc) is 2.74. The Kier molecular flexibility index (Phi) is 3.66. The summed E-state index contributed by atoms with van der Waals surface area (Å²) in [6.45, 7) is 1.88. The van der Waals surface area contributed by atoms with Gasteiger partial charge in [-0.05, 0) is 19.5 Å². The Morgan fingerprint density at radius 3 is 2.83 bits per heavy atom. The Balaban J connectivity index is 2.12. The van der Waals surface area contributed by atoms with Gasteiger partial charge in [0.1, 0.15) is 11.9 Å². The maximum Gasteiger partial charge on any atom is 0.311 e. The zero-order valence-electron chi connectivity index (χ0n) is 10.5. The van der Waals surface area contributed by atoms with E-state index in [0.717, 1.165) is 19.5 Å². The molecule has 2 rings (SSSR count). The second-order valence-electron chi connectivity index (χ2n) is 4.38. The van der Waals surface area contributed by atoms with Gasteiger partial charge in [-0.2, -0.15) is 0 Å². The van der Waals surface area contributed by atoms with Crippen LogP contribution in [0, 0.1) is 10.1 Å². The van der Waals surface area contributed by atoms with E-state index in [-0.39, 0.29) is 17.5 Å². The third kappa shape index (κ3) is 2.70. The van der Waals surface area contributed by atoms with Crippen LogP contribution < -0.4 is 9.47 Å². The van der Waals surface area contributed by atoms with E-state index in [1.807, 2.05) is 7.05 Å². The molecule has 0 saturated carbocycles. The topological polar surface area (TPSA) is 64.8 Å². The Morgan fingerprint density at radius 1 is 1.50 bits per heavy atom. The lowest BCUT2D eigenvalue weighted by molar-refractivity contribution is -0.385. The fourth-order valence-corrected chi connectivity index (χ4v) is 2.07. The summed E-state index contributed by atoms with van der Waals surface area (Å²) < 4.78 is 10.8. The van der Waals surface area contributed by atoms with Crippen molar-refractivity contribution in [1.82, 2.24) is 4.90 Å². The molecule has 98 valence electrons. The van der Waals surface area contributed by atoms with Crippen molar-refractivity contribution in [3.63, 3.8) is 0 Å². The number of nitro benzene ring substituents is 1. The van der Waals surface area contributed by atoms with Gasteiger partial charge in [0.05, 0.1) is 12.0 Å². The molecule has 1 aromatic carbocycles. The molecule has 1 heterocycles. The molecular formula is C12H16N2O4. The molecule has 0 N–H and O–H groups in total. The van der Waals surface area contributed by atoms with Crippen LogP contribution in [0.2, 0.25) is 0 Å². The van der Waals surface area contributed by atoms with Gasteiger partial charge in [-0.25, -0.2) is 0 Å². The number of methoxy groups -OCH3 is 1. The van der Waals surface area contributed by atoms with Crippen molar-refractivity contribution in [2.24, 2.45) is 0 Å². The third-order valence-electron chi connectivity index (χ3n) is 3.00. The summed E-state index contributed by atoms with van der Waals surface area (Å²) in [6, 6.07) is 4.59. The normalized spacial score (nSPS) is 19.8. The minimum atomic E-state index is -0.466. The number of likely N-dealkylation sites (N-methyl/N-ethyl adjacent to an activating group) is 1. The Morgan fingerprint density at radius 2 is 2.28 bits per heavy atom. The van der Waals surface area contributed by atoms with Gasteiger partial charge in [-0.3, -0.25) is 10.1 Å². The number of nitrogens with zero attached hydrogens (tertiary/aromatic N) is 2. The van der Waals surface area contributed by atoms with Crippen molar-refractivity contribution in [2.75, 3.05) is 27.2 Å². The van der Waals surface area contributed by atoms with E-state index in [1.54, 1.807) is 12.1 Å². The summed E-state index contributed by atoms with van der Waals surface area (Å²) in [4.78, 5) is 12.5.